The highest BCUT2D eigenvalue weighted by Crippen LogP contribution is 2.39. The van der Waals surface area contributed by atoms with Gasteiger partial charge in [0.2, 0.25) is 0 Å². The first-order valence-electron chi connectivity index (χ1n) is 7.16. The number of pyridine rings is 1. The Bertz CT molecular complexity index is 821. The van der Waals surface area contributed by atoms with Gasteiger partial charge in [0.15, 0.2) is 11.6 Å². The summed E-state index contributed by atoms with van der Waals surface area (Å²) in [5, 5.41) is 5.30. The van der Waals surface area contributed by atoms with E-state index in [2.05, 4.69) is 10.1 Å². The monoisotopic (exact) mass is 311 g/mol. The third-order valence-corrected chi connectivity index (χ3v) is 4.01. The maximum atomic E-state index is 6.32. The Kier molecular flexibility index (Phi) is 3.08. The van der Waals surface area contributed by atoms with Crippen LogP contribution in [0.3, 0.4) is 0 Å². The second-order valence-corrected chi connectivity index (χ2v) is 5.81. The second-order valence-electron chi connectivity index (χ2n) is 5.40. The summed E-state index contributed by atoms with van der Waals surface area (Å²) >= 11 is 6.32. The van der Waals surface area contributed by atoms with Crippen molar-refractivity contribution in [3.05, 3.63) is 53.4 Å². The van der Waals surface area contributed by atoms with Gasteiger partial charge in [-0.2, -0.15) is 5.10 Å². The largest absolute Gasteiger partial charge is 0.384 e. The molecule has 6 heteroatoms. The molecule has 1 aliphatic carbocycles. The van der Waals surface area contributed by atoms with E-state index < -0.39 is 0 Å². The normalized spacial score (nSPS) is 14.2. The molecule has 0 unspecified atom stereocenters. The van der Waals surface area contributed by atoms with Crippen molar-refractivity contribution in [3.8, 4) is 17.1 Å². The molecule has 0 radical (unpaired) electrons. The molecule has 110 valence electrons. The zero-order chi connectivity index (χ0) is 15.1. The fourth-order valence-corrected chi connectivity index (χ4v) is 2.57. The van der Waals surface area contributed by atoms with Crippen LogP contribution in [-0.2, 0) is 0 Å². The van der Waals surface area contributed by atoms with Crippen molar-refractivity contribution >= 4 is 17.4 Å². The van der Waals surface area contributed by atoms with Crippen LogP contribution < -0.4 is 5.73 Å². The van der Waals surface area contributed by atoms with Crippen LogP contribution in [0.4, 0.5) is 5.82 Å². The van der Waals surface area contributed by atoms with Gasteiger partial charge in [-0.3, -0.25) is 0 Å². The van der Waals surface area contributed by atoms with E-state index in [1.165, 1.54) is 0 Å². The molecule has 0 atom stereocenters. The van der Waals surface area contributed by atoms with Crippen LogP contribution in [-0.4, -0.2) is 19.7 Å². The van der Waals surface area contributed by atoms with E-state index in [1.54, 1.807) is 16.9 Å². The van der Waals surface area contributed by atoms with Crippen LogP contribution in [0.1, 0.15) is 24.6 Å². The summed E-state index contributed by atoms with van der Waals surface area (Å²) in [4.78, 5) is 8.85. The first kappa shape index (κ1) is 13.3. The second kappa shape index (κ2) is 5.10. The molecule has 1 saturated carbocycles. The third kappa shape index (κ3) is 2.33. The Labute approximate surface area is 132 Å². The minimum Gasteiger partial charge on any atom is -0.384 e. The highest BCUT2D eigenvalue weighted by molar-refractivity contribution is 6.32. The fourth-order valence-electron chi connectivity index (χ4n) is 2.36. The first-order valence-corrected chi connectivity index (χ1v) is 7.54. The summed E-state index contributed by atoms with van der Waals surface area (Å²) in [5.41, 5.74) is 7.35. The van der Waals surface area contributed by atoms with Crippen molar-refractivity contribution < 1.29 is 0 Å². The van der Waals surface area contributed by atoms with Gasteiger partial charge in [-0.1, -0.05) is 23.7 Å². The van der Waals surface area contributed by atoms with Gasteiger partial charge in [-0.05, 0) is 37.1 Å². The Balaban J connectivity index is 1.89. The van der Waals surface area contributed by atoms with Crippen molar-refractivity contribution in [1.82, 2.24) is 19.7 Å². The number of para-hydroxylation sites is 1. The number of rotatable bonds is 3. The molecule has 0 spiro atoms. The molecule has 0 saturated heterocycles. The van der Waals surface area contributed by atoms with Crippen LogP contribution in [0.25, 0.3) is 17.1 Å². The summed E-state index contributed by atoms with van der Waals surface area (Å²) in [5.74, 6) is 2.55. The molecule has 1 fully saturated rings. The van der Waals surface area contributed by atoms with Crippen molar-refractivity contribution in [2.45, 2.75) is 18.8 Å². The molecule has 3 aromatic rings. The number of anilines is 1. The van der Waals surface area contributed by atoms with Gasteiger partial charge in [-0.15, -0.1) is 0 Å². The number of halogens is 1. The predicted octanol–water partition coefficient (Wildman–Crippen LogP) is 3.44. The van der Waals surface area contributed by atoms with E-state index in [0.717, 1.165) is 35.7 Å². The van der Waals surface area contributed by atoms with E-state index in [0.29, 0.717) is 16.8 Å². The molecule has 2 aromatic heterocycles. The number of hydrogen-bond donors (Lipinski definition) is 1. The molecule has 0 aliphatic heterocycles. The van der Waals surface area contributed by atoms with Gasteiger partial charge < -0.3 is 5.73 Å². The molecular formula is C16H14ClN5. The number of nitrogens with two attached hydrogens (primary N) is 1. The van der Waals surface area contributed by atoms with Crippen molar-refractivity contribution in [2.24, 2.45) is 0 Å². The van der Waals surface area contributed by atoms with Gasteiger partial charge >= 0.3 is 0 Å². The van der Waals surface area contributed by atoms with E-state index >= 15 is 0 Å². The van der Waals surface area contributed by atoms with Gasteiger partial charge in [-0.25, -0.2) is 14.6 Å². The topological polar surface area (TPSA) is 69.6 Å². The lowest BCUT2D eigenvalue weighted by Crippen LogP contribution is -2.01. The van der Waals surface area contributed by atoms with Gasteiger partial charge in [0, 0.05) is 17.7 Å². The number of aromatic nitrogens is 4. The minimum atomic E-state index is 0.462. The lowest BCUT2D eigenvalue weighted by atomic mass is 10.2. The molecule has 22 heavy (non-hydrogen) atoms. The summed E-state index contributed by atoms with van der Waals surface area (Å²) < 4.78 is 1.79. The van der Waals surface area contributed by atoms with E-state index in [4.69, 9.17) is 22.3 Å². The zero-order valence-electron chi connectivity index (χ0n) is 11.8. The predicted molar refractivity (Wildman–Crippen MR) is 86.0 cm³/mol. The highest BCUT2D eigenvalue weighted by atomic mass is 35.5. The molecule has 1 aromatic carbocycles. The first-order chi connectivity index (χ1) is 10.7. The van der Waals surface area contributed by atoms with Gasteiger partial charge in [0.25, 0.3) is 0 Å². The molecule has 5 nitrogen and oxygen atoms in total. The zero-order valence-corrected chi connectivity index (χ0v) is 12.5. The van der Waals surface area contributed by atoms with Crippen LogP contribution in [0.5, 0.6) is 0 Å². The minimum absolute atomic E-state index is 0.462. The summed E-state index contributed by atoms with van der Waals surface area (Å²) in [6, 6.07) is 11.3. The smallest absolute Gasteiger partial charge is 0.165 e. The van der Waals surface area contributed by atoms with E-state index in [1.807, 2.05) is 30.3 Å². The molecular weight excluding hydrogens is 298 g/mol. The standard InChI is InChI=1S/C16H14ClN5/c17-12-3-1-2-4-13(12)22-16(11-7-8-14(18)19-9-11)20-15(21-22)10-5-6-10/h1-4,7-10H,5-6H2,(H2,18,19). The average Bonchev–Trinajstić information content (AvgIpc) is 3.29. The Hall–Kier alpha value is -2.40. The maximum absolute atomic E-state index is 6.32. The van der Waals surface area contributed by atoms with E-state index in [-0.39, 0.29) is 0 Å². The van der Waals surface area contributed by atoms with Crippen LogP contribution in [0, 0.1) is 0 Å². The molecule has 2 heterocycles. The maximum Gasteiger partial charge on any atom is 0.165 e. The number of hydrogen-bond acceptors (Lipinski definition) is 4. The van der Waals surface area contributed by atoms with Gasteiger partial charge in [0.1, 0.15) is 5.82 Å². The summed E-state index contributed by atoms with van der Waals surface area (Å²) in [6.45, 7) is 0. The Morgan fingerprint density at radius 1 is 1.14 bits per heavy atom. The molecule has 0 bridgehead atoms. The van der Waals surface area contributed by atoms with Crippen molar-refractivity contribution in [2.75, 3.05) is 5.73 Å². The quantitative estimate of drug-likeness (QED) is 0.804. The highest BCUT2D eigenvalue weighted by Gasteiger charge is 2.29. The SMILES string of the molecule is Nc1ccc(-c2nc(C3CC3)nn2-c2ccccc2Cl)cn1. The fraction of sp³-hybridized carbons (Fsp3) is 0.188. The Morgan fingerprint density at radius 3 is 2.64 bits per heavy atom. The summed E-state index contributed by atoms with van der Waals surface area (Å²) in [7, 11) is 0. The van der Waals surface area contributed by atoms with Crippen molar-refractivity contribution in [1.29, 1.82) is 0 Å². The van der Waals surface area contributed by atoms with Gasteiger partial charge in [0.05, 0.1) is 10.7 Å². The van der Waals surface area contributed by atoms with Crippen LogP contribution in [0.15, 0.2) is 42.6 Å². The van der Waals surface area contributed by atoms with Crippen LogP contribution in [0.2, 0.25) is 5.02 Å². The average molecular weight is 312 g/mol. The molecule has 2 N–H and O–H groups in total. The number of nitrogens with zero attached hydrogens (tertiary/aromatic N) is 4. The van der Waals surface area contributed by atoms with E-state index in [9.17, 15) is 0 Å². The molecule has 0 amide bonds. The third-order valence-electron chi connectivity index (χ3n) is 3.69. The summed E-state index contributed by atoms with van der Waals surface area (Å²) in [6.07, 6.45) is 4.00. The van der Waals surface area contributed by atoms with Crippen molar-refractivity contribution in [3.63, 3.8) is 0 Å². The number of benzene rings is 1. The Morgan fingerprint density at radius 2 is 1.95 bits per heavy atom. The molecule has 1 aliphatic rings. The lowest BCUT2D eigenvalue weighted by molar-refractivity contribution is 0.839. The van der Waals surface area contributed by atoms with Crippen LogP contribution >= 0.6 is 11.6 Å². The molecule has 4 rings (SSSR count). The number of nitrogen functional groups attached to an aromatic ring is 1. The lowest BCUT2D eigenvalue weighted by Gasteiger charge is -2.07.